The van der Waals surface area contributed by atoms with Gasteiger partial charge in [-0.1, -0.05) is 30.9 Å². The maximum Gasteiger partial charge on any atom is 0.224 e. The van der Waals surface area contributed by atoms with Crippen molar-refractivity contribution in [2.45, 2.75) is 63.0 Å². The number of amides is 1. The number of carbonyl (C=O) groups is 2. The molecule has 3 aliphatic carbocycles. The van der Waals surface area contributed by atoms with E-state index in [-0.39, 0.29) is 23.5 Å². The second kappa shape index (κ2) is 5.98. The molecule has 5 rings (SSSR count). The number of nitrogens with one attached hydrogen (secondary N) is 1. The molecule has 0 saturated heterocycles. The minimum Gasteiger partial charge on any atom is -0.486 e. The summed E-state index contributed by atoms with van der Waals surface area (Å²) in [6.45, 7) is 0. The van der Waals surface area contributed by atoms with Crippen LogP contribution in [-0.2, 0) is 4.79 Å². The van der Waals surface area contributed by atoms with Crippen molar-refractivity contribution in [3.63, 3.8) is 0 Å². The van der Waals surface area contributed by atoms with Gasteiger partial charge in [-0.25, -0.2) is 0 Å². The molecule has 3 saturated carbocycles. The molecule has 138 valence electrons. The number of hydrogen-bond donors (Lipinski definition) is 1. The number of halogens is 1. The Hall–Kier alpha value is -1.55. The van der Waals surface area contributed by atoms with Crippen molar-refractivity contribution in [1.82, 2.24) is 5.32 Å². The summed E-state index contributed by atoms with van der Waals surface area (Å²) < 4.78 is 6.37. The zero-order valence-electron chi connectivity index (χ0n) is 14.8. The van der Waals surface area contributed by atoms with E-state index >= 15 is 0 Å². The average molecular weight is 374 g/mol. The van der Waals surface area contributed by atoms with Crippen molar-refractivity contribution in [3.8, 4) is 5.75 Å². The lowest BCUT2D eigenvalue weighted by atomic mass is 9.84. The summed E-state index contributed by atoms with van der Waals surface area (Å²) in [6, 6.07) is 5.59. The highest BCUT2D eigenvalue weighted by molar-refractivity contribution is 6.31. The molecule has 5 heteroatoms. The molecule has 1 heterocycles. The predicted octanol–water partition coefficient (Wildman–Crippen LogP) is 4.15. The maximum atomic E-state index is 12.8. The van der Waals surface area contributed by atoms with E-state index in [1.54, 1.807) is 18.2 Å². The van der Waals surface area contributed by atoms with Crippen molar-refractivity contribution in [2.24, 2.45) is 17.8 Å². The highest BCUT2D eigenvalue weighted by atomic mass is 35.5. The zero-order valence-corrected chi connectivity index (χ0v) is 15.6. The van der Waals surface area contributed by atoms with Crippen LogP contribution in [0.4, 0.5) is 0 Å². The van der Waals surface area contributed by atoms with Crippen LogP contribution in [0.2, 0.25) is 5.02 Å². The van der Waals surface area contributed by atoms with Crippen LogP contribution in [0.25, 0.3) is 0 Å². The van der Waals surface area contributed by atoms with Crippen LogP contribution in [0.5, 0.6) is 5.75 Å². The predicted molar refractivity (Wildman–Crippen MR) is 98.5 cm³/mol. The van der Waals surface area contributed by atoms with Gasteiger partial charge < -0.3 is 10.1 Å². The summed E-state index contributed by atoms with van der Waals surface area (Å²) in [5, 5.41) is 3.83. The number of fused-ring (bicyclic) bond motifs is 3. The zero-order chi connectivity index (χ0) is 17.9. The van der Waals surface area contributed by atoms with Crippen LogP contribution in [-0.4, -0.2) is 23.3 Å². The van der Waals surface area contributed by atoms with Gasteiger partial charge in [-0.15, -0.1) is 0 Å². The van der Waals surface area contributed by atoms with E-state index < -0.39 is 5.60 Å². The number of rotatable bonds is 2. The molecular formula is C21H24ClNO3. The van der Waals surface area contributed by atoms with Gasteiger partial charge in [0.05, 0.1) is 12.0 Å². The minimum atomic E-state index is -0.489. The van der Waals surface area contributed by atoms with Gasteiger partial charge in [0.25, 0.3) is 0 Å². The van der Waals surface area contributed by atoms with Gasteiger partial charge in [0.1, 0.15) is 11.4 Å². The molecule has 1 aromatic carbocycles. The van der Waals surface area contributed by atoms with Crippen molar-refractivity contribution in [3.05, 3.63) is 28.8 Å². The third-order valence-corrected chi connectivity index (χ3v) is 7.18. The number of ether oxygens (including phenoxy) is 1. The molecule has 4 nitrogen and oxygen atoms in total. The minimum absolute atomic E-state index is 0.0207. The van der Waals surface area contributed by atoms with Crippen LogP contribution in [0.3, 0.4) is 0 Å². The van der Waals surface area contributed by atoms with Gasteiger partial charge in [-0.2, -0.15) is 0 Å². The number of ketones is 1. The van der Waals surface area contributed by atoms with Gasteiger partial charge in [-0.3, -0.25) is 9.59 Å². The molecule has 26 heavy (non-hydrogen) atoms. The van der Waals surface area contributed by atoms with Gasteiger partial charge in [0.15, 0.2) is 5.78 Å². The summed E-state index contributed by atoms with van der Waals surface area (Å²) in [6.07, 6.45) is 8.11. The molecule has 4 aliphatic rings. The average Bonchev–Trinajstić information content (AvgIpc) is 3.28. The molecule has 0 unspecified atom stereocenters. The fourth-order valence-corrected chi connectivity index (χ4v) is 5.86. The first kappa shape index (κ1) is 16.6. The number of Topliss-reactive ketones (excluding diaryl/α,β-unsaturated/α-hetero) is 1. The summed E-state index contributed by atoms with van der Waals surface area (Å²) in [4.78, 5) is 25.5. The molecule has 4 atom stereocenters. The van der Waals surface area contributed by atoms with E-state index in [1.807, 2.05) is 0 Å². The normalized spacial score (nSPS) is 35.6. The van der Waals surface area contributed by atoms with E-state index in [4.69, 9.17) is 16.3 Å². The number of carbonyl (C=O) groups excluding carboxylic acids is 2. The fraction of sp³-hybridized carbons (Fsp3) is 0.619. The Balaban J connectivity index is 1.33. The lowest BCUT2D eigenvalue weighted by Crippen LogP contribution is -2.45. The molecule has 1 aliphatic heterocycles. The summed E-state index contributed by atoms with van der Waals surface area (Å²) in [5.74, 6) is 1.48. The highest BCUT2D eigenvalue weighted by Crippen LogP contribution is 2.65. The lowest BCUT2D eigenvalue weighted by molar-refractivity contribution is -0.125. The van der Waals surface area contributed by atoms with E-state index in [0.717, 1.165) is 25.7 Å². The van der Waals surface area contributed by atoms with Crippen LogP contribution >= 0.6 is 11.6 Å². The quantitative estimate of drug-likeness (QED) is 0.847. The van der Waals surface area contributed by atoms with Crippen molar-refractivity contribution in [1.29, 1.82) is 0 Å². The first-order valence-corrected chi connectivity index (χ1v) is 10.3. The summed E-state index contributed by atoms with van der Waals surface area (Å²) >= 11 is 6.03. The third-order valence-electron chi connectivity index (χ3n) is 6.95. The van der Waals surface area contributed by atoms with Crippen molar-refractivity contribution < 1.29 is 14.3 Å². The maximum absolute atomic E-state index is 12.8. The Kier molecular flexibility index (Phi) is 3.82. The molecule has 0 radical (unpaired) electrons. The molecular weight excluding hydrogens is 350 g/mol. The highest BCUT2D eigenvalue weighted by Gasteiger charge is 2.70. The molecule has 3 fully saturated rings. The Labute approximate surface area is 158 Å². The topological polar surface area (TPSA) is 55.4 Å². The van der Waals surface area contributed by atoms with Gasteiger partial charge in [-0.05, 0) is 49.8 Å². The molecule has 1 amide bonds. The van der Waals surface area contributed by atoms with Crippen molar-refractivity contribution >= 4 is 23.3 Å². The van der Waals surface area contributed by atoms with Crippen LogP contribution in [0.1, 0.15) is 61.7 Å². The Morgan fingerprint density at radius 2 is 2.00 bits per heavy atom. The van der Waals surface area contributed by atoms with Crippen LogP contribution in [0, 0.1) is 17.8 Å². The van der Waals surface area contributed by atoms with E-state index in [2.05, 4.69) is 5.32 Å². The standard InChI is InChI=1S/C21H24ClNO3/c22-12-6-7-17-15(10-12)16(24)11-21(26-17)9-8-14-18(19(14)21)20(25)23-13-4-2-1-3-5-13/h6-7,10,13-14,18-19H,1-5,8-9,11H2,(H,23,25)/t14-,18+,19-,21+/m1/s1. The number of benzene rings is 1. The molecule has 1 N–H and O–H groups in total. The molecule has 0 aromatic heterocycles. The summed E-state index contributed by atoms with van der Waals surface area (Å²) in [7, 11) is 0. The van der Waals surface area contributed by atoms with Crippen LogP contribution < -0.4 is 10.1 Å². The Bertz CT molecular complexity index is 773. The smallest absolute Gasteiger partial charge is 0.224 e. The van der Waals surface area contributed by atoms with Crippen LogP contribution in [0.15, 0.2) is 18.2 Å². The molecule has 1 aromatic rings. The van der Waals surface area contributed by atoms with Gasteiger partial charge in [0, 0.05) is 22.9 Å². The van der Waals surface area contributed by atoms with Gasteiger partial charge >= 0.3 is 0 Å². The third kappa shape index (κ3) is 2.57. The van der Waals surface area contributed by atoms with Gasteiger partial charge in [0.2, 0.25) is 5.91 Å². The second-order valence-electron chi connectivity index (χ2n) is 8.50. The lowest BCUT2D eigenvalue weighted by Gasteiger charge is -2.37. The first-order valence-electron chi connectivity index (χ1n) is 9.89. The largest absolute Gasteiger partial charge is 0.486 e. The van der Waals surface area contributed by atoms with E-state index in [0.29, 0.717) is 34.7 Å². The molecule has 1 spiro atoms. The summed E-state index contributed by atoms with van der Waals surface area (Å²) in [5.41, 5.74) is 0.0902. The Morgan fingerprint density at radius 1 is 1.19 bits per heavy atom. The van der Waals surface area contributed by atoms with E-state index in [1.165, 1.54) is 19.3 Å². The van der Waals surface area contributed by atoms with E-state index in [9.17, 15) is 9.59 Å². The monoisotopic (exact) mass is 373 g/mol. The SMILES string of the molecule is O=C1C[C@]2(CC[C@@H]3[C@H](C(=O)NC4CCCCC4)[C@@H]32)Oc2ccc(Cl)cc21. The Morgan fingerprint density at radius 3 is 2.81 bits per heavy atom. The second-order valence-corrected chi connectivity index (χ2v) is 8.94. The van der Waals surface area contributed by atoms with Crippen molar-refractivity contribution in [2.75, 3.05) is 0 Å². The fourth-order valence-electron chi connectivity index (χ4n) is 5.69. The number of hydrogen-bond acceptors (Lipinski definition) is 3. The molecule has 0 bridgehead atoms. The first-order chi connectivity index (χ1) is 12.6.